The van der Waals surface area contributed by atoms with Crippen molar-refractivity contribution >= 4 is 38.6 Å². The molecule has 186 valence electrons. The van der Waals surface area contributed by atoms with Gasteiger partial charge in [0.05, 0.1) is 21.9 Å². The summed E-state index contributed by atoms with van der Waals surface area (Å²) in [5.74, 6) is 0.455. The number of hydrogen-bond donors (Lipinski definition) is 2. The molecule has 3 aromatic rings. The normalized spacial score (nSPS) is 14.7. The van der Waals surface area contributed by atoms with Gasteiger partial charge in [-0.3, -0.25) is 0 Å². The van der Waals surface area contributed by atoms with Crippen molar-refractivity contribution in [2.45, 2.75) is 43.2 Å². The second-order valence-corrected chi connectivity index (χ2v) is 11.5. The largest absolute Gasteiger partial charge is 0.416 e. The number of thiophene rings is 1. The van der Waals surface area contributed by atoms with Gasteiger partial charge in [0.25, 0.3) is 0 Å². The Labute approximate surface area is 206 Å². The van der Waals surface area contributed by atoms with Gasteiger partial charge in [0, 0.05) is 11.3 Å². The van der Waals surface area contributed by atoms with Crippen molar-refractivity contribution in [2.75, 3.05) is 16.4 Å². The molecule has 0 radical (unpaired) electrons. The van der Waals surface area contributed by atoms with Crippen LogP contribution >= 0.6 is 11.3 Å². The van der Waals surface area contributed by atoms with Crippen molar-refractivity contribution in [2.24, 2.45) is 5.92 Å². The summed E-state index contributed by atoms with van der Waals surface area (Å²) in [4.78, 5) is 12.8. The number of carbonyl (C=O) groups excluding carboxylic acids is 1. The number of sulfone groups is 1. The Morgan fingerprint density at radius 2 is 1.80 bits per heavy atom. The summed E-state index contributed by atoms with van der Waals surface area (Å²) >= 11 is 1.45. The third-order valence-corrected chi connectivity index (χ3v) is 8.58. The van der Waals surface area contributed by atoms with Crippen molar-refractivity contribution < 1.29 is 26.4 Å². The molecule has 4 rings (SSSR count). The number of hydrogen-bond acceptors (Lipinski definition) is 4. The van der Waals surface area contributed by atoms with E-state index in [2.05, 4.69) is 10.6 Å². The van der Waals surface area contributed by atoms with E-state index in [1.165, 1.54) is 35.6 Å². The van der Waals surface area contributed by atoms with Gasteiger partial charge in [-0.2, -0.15) is 24.5 Å². The van der Waals surface area contributed by atoms with Gasteiger partial charge in [-0.25, -0.2) is 13.2 Å². The standard InChI is InChI=1S/C25H25F3N2O3S2/c26-25(27,28)19-6-3-7-20(14-19)29-24(31)30-23-15-21(8-9-22(23)18-10-12-34-16-18)35(32,33)13-11-17-4-1-2-5-17/h3,6-10,12,14-17H,1-2,4-5,11,13H2,(H2,29,30,31). The SMILES string of the molecule is O=C(Nc1cccc(C(F)(F)F)c1)Nc1cc(S(=O)(=O)CCC2CCCC2)ccc1-c1ccsc1. The van der Waals surface area contributed by atoms with Crippen molar-refractivity contribution in [3.63, 3.8) is 0 Å². The number of carbonyl (C=O) groups is 1. The van der Waals surface area contributed by atoms with E-state index in [4.69, 9.17) is 0 Å². The van der Waals surface area contributed by atoms with Crippen LogP contribution in [0.15, 0.2) is 64.2 Å². The maximum Gasteiger partial charge on any atom is 0.416 e. The van der Waals surface area contributed by atoms with E-state index in [1.54, 1.807) is 6.07 Å². The molecular formula is C25H25F3N2O3S2. The van der Waals surface area contributed by atoms with Crippen LogP contribution in [0.25, 0.3) is 11.1 Å². The lowest BCUT2D eigenvalue weighted by atomic mass is 10.1. The van der Waals surface area contributed by atoms with Crippen LogP contribution < -0.4 is 10.6 Å². The first-order valence-corrected chi connectivity index (χ1v) is 13.9. The van der Waals surface area contributed by atoms with Gasteiger partial charge in [-0.15, -0.1) is 0 Å². The third kappa shape index (κ3) is 6.43. The van der Waals surface area contributed by atoms with E-state index in [0.717, 1.165) is 43.4 Å². The lowest BCUT2D eigenvalue weighted by Gasteiger charge is -2.15. The van der Waals surface area contributed by atoms with Crippen molar-refractivity contribution in [1.82, 2.24) is 0 Å². The molecule has 1 aromatic heterocycles. The van der Waals surface area contributed by atoms with Crippen LogP contribution in [0.4, 0.5) is 29.3 Å². The molecule has 1 heterocycles. The zero-order valence-electron chi connectivity index (χ0n) is 18.8. The van der Waals surface area contributed by atoms with Gasteiger partial charge in [0.2, 0.25) is 0 Å². The Kier molecular flexibility index (Phi) is 7.51. The summed E-state index contributed by atoms with van der Waals surface area (Å²) in [5.41, 5.74) is 0.744. The van der Waals surface area contributed by atoms with E-state index in [-0.39, 0.29) is 22.0 Å². The first kappa shape index (κ1) is 25.2. The number of nitrogens with one attached hydrogen (secondary N) is 2. The molecule has 0 unspecified atom stereocenters. The predicted molar refractivity (Wildman–Crippen MR) is 132 cm³/mol. The molecule has 1 aliphatic carbocycles. The summed E-state index contributed by atoms with van der Waals surface area (Å²) < 4.78 is 65.0. The summed E-state index contributed by atoms with van der Waals surface area (Å²) in [7, 11) is -3.57. The van der Waals surface area contributed by atoms with E-state index in [9.17, 15) is 26.4 Å². The first-order valence-electron chi connectivity index (χ1n) is 11.3. The van der Waals surface area contributed by atoms with E-state index in [0.29, 0.717) is 17.9 Å². The van der Waals surface area contributed by atoms with Gasteiger partial charge >= 0.3 is 12.2 Å². The molecule has 5 nitrogen and oxygen atoms in total. The molecule has 0 bridgehead atoms. The summed E-state index contributed by atoms with van der Waals surface area (Å²) in [5, 5.41) is 8.74. The molecule has 1 aliphatic rings. The quantitative estimate of drug-likeness (QED) is 0.339. The van der Waals surface area contributed by atoms with E-state index >= 15 is 0 Å². The highest BCUT2D eigenvalue weighted by Gasteiger charge is 2.30. The third-order valence-electron chi connectivity index (χ3n) is 6.15. The average Bonchev–Trinajstić information content (AvgIpc) is 3.52. The van der Waals surface area contributed by atoms with Gasteiger partial charge in [-0.1, -0.05) is 37.8 Å². The fraction of sp³-hybridized carbons (Fsp3) is 0.320. The van der Waals surface area contributed by atoms with Gasteiger partial charge in [0.1, 0.15) is 0 Å². The number of rotatable bonds is 7. The zero-order chi connectivity index (χ0) is 25.1. The van der Waals surface area contributed by atoms with Gasteiger partial charge in [0.15, 0.2) is 9.84 Å². The molecule has 0 saturated heterocycles. The molecule has 2 N–H and O–H groups in total. The molecule has 35 heavy (non-hydrogen) atoms. The van der Waals surface area contributed by atoms with Crippen molar-refractivity contribution in [3.8, 4) is 11.1 Å². The van der Waals surface area contributed by atoms with Crippen LogP contribution in [-0.4, -0.2) is 20.2 Å². The maximum absolute atomic E-state index is 13.0. The monoisotopic (exact) mass is 522 g/mol. The maximum atomic E-state index is 13.0. The van der Waals surface area contributed by atoms with Crippen molar-refractivity contribution in [1.29, 1.82) is 0 Å². The number of benzene rings is 2. The molecule has 1 fully saturated rings. The summed E-state index contributed by atoms with van der Waals surface area (Å²) in [6.45, 7) is 0. The predicted octanol–water partition coefficient (Wildman–Crippen LogP) is 7.43. The Hall–Kier alpha value is -2.85. The number of amides is 2. The second kappa shape index (κ2) is 10.4. The van der Waals surface area contributed by atoms with Crippen LogP contribution in [0.5, 0.6) is 0 Å². The summed E-state index contributed by atoms with van der Waals surface area (Å²) in [6, 6.07) is 9.96. The number of anilines is 2. The fourth-order valence-electron chi connectivity index (χ4n) is 4.29. The fourth-order valence-corrected chi connectivity index (χ4v) is 6.39. The minimum Gasteiger partial charge on any atom is -0.308 e. The second-order valence-electron chi connectivity index (χ2n) is 8.64. The van der Waals surface area contributed by atoms with E-state index in [1.807, 2.05) is 16.8 Å². The smallest absolute Gasteiger partial charge is 0.308 e. The highest BCUT2D eigenvalue weighted by Crippen LogP contribution is 2.34. The van der Waals surface area contributed by atoms with Crippen LogP contribution in [0, 0.1) is 5.92 Å². The molecule has 2 aromatic carbocycles. The Balaban J connectivity index is 1.56. The average molecular weight is 523 g/mol. The first-order chi connectivity index (χ1) is 16.6. The van der Waals surface area contributed by atoms with Crippen LogP contribution in [0.2, 0.25) is 0 Å². The summed E-state index contributed by atoms with van der Waals surface area (Å²) in [6.07, 6.45) is 0.434. The molecular weight excluding hydrogens is 497 g/mol. The van der Waals surface area contributed by atoms with Crippen LogP contribution in [-0.2, 0) is 16.0 Å². The van der Waals surface area contributed by atoms with E-state index < -0.39 is 27.6 Å². The molecule has 0 atom stereocenters. The topological polar surface area (TPSA) is 75.3 Å². The van der Waals surface area contributed by atoms with Crippen molar-refractivity contribution in [3.05, 3.63) is 64.9 Å². The highest BCUT2D eigenvalue weighted by atomic mass is 32.2. The lowest BCUT2D eigenvalue weighted by molar-refractivity contribution is -0.137. The minimum atomic E-state index is -4.54. The lowest BCUT2D eigenvalue weighted by Crippen LogP contribution is -2.20. The van der Waals surface area contributed by atoms with Crippen LogP contribution in [0.3, 0.4) is 0 Å². The highest BCUT2D eigenvalue weighted by molar-refractivity contribution is 7.91. The molecule has 1 saturated carbocycles. The molecule has 10 heteroatoms. The minimum absolute atomic E-state index is 0.0326. The number of urea groups is 1. The van der Waals surface area contributed by atoms with Crippen LogP contribution in [0.1, 0.15) is 37.7 Å². The Morgan fingerprint density at radius 3 is 2.49 bits per heavy atom. The Bertz CT molecular complexity index is 1280. The number of halogens is 3. The Morgan fingerprint density at radius 1 is 1.03 bits per heavy atom. The van der Waals surface area contributed by atoms with Gasteiger partial charge < -0.3 is 10.6 Å². The zero-order valence-corrected chi connectivity index (χ0v) is 20.4. The number of alkyl halides is 3. The van der Waals surface area contributed by atoms with Gasteiger partial charge in [-0.05, 0) is 65.1 Å². The molecule has 2 amide bonds. The molecule has 0 aliphatic heterocycles. The molecule has 0 spiro atoms.